The van der Waals surface area contributed by atoms with Crippen LogP contribution in [-0.2, 0) is 4.79 Å². The van der Waals surface area contributed by atoms with Crippen molar-refractivity contribution in [3.8, 4) is 0 Å². The van der Waals surface area contributed by atoms with Gasteiger partial charge in [0.05, 0.1) is 0 Å². The summed E-state index contributed by atoms with van der Waals surface area (Å²) in [6.07, 6.45) is -0.0150. The third-order valence-corrected chi connectivity index (χ3v) is 1.42. The summed E-state index contributed by atoms with van der Waals surface area (Å²) in [4.78, 5) is 10.4. The maximum Gasteiger partial charge on any atom is 0.356 e. The molecule has 0 bridgehead atoms. The highest BCUT2D eigenvalue weighted by molar-refractivity contribution is 5.76. The maximum absolute atomic E-state index is 13.2. The SMILES string of the molecule is CNC(F)(CC(C)C)C(=O)O. The van der Waals surface area contributed by atoms with Crippen LogP contribution in [0.2, 0.25) is 0 Å². The Balaban J connectivity index is 4.22. The molecule has 11 heavy (non-hydrogen) atoms. The zero-order chi connectivity index (χ0) is 9.07. The van der Waals surface area contributed by atoms with E-state index >= 15 is 0 Å². The molecule has 0 spiro atoms. The van der Waals surface area contributed by atoms with Crippen LogP contribution in [0.25, 0.3) is 0 Å². The van der Waals surface area contributed by atoms with Crippen molar-refractivity contribution in [3.05, 3.63) is 0 Å². The standard InChI is InChI=1S/C7H14FNO2/c1-5(2)4-7(8,9-3)6(10)11/h5,9H,4H2,1-3H3,(H,10,11). The lowest BCUT2D eigenvalue weighted by Crippen LogP contribution is -2.47. The van der Waals surface area contributed by atoms with Gasteiger partial charge in [-0.3, -0.25) is 5.32 Å². The number of hydrogen-bond donors (Lipinski definition) is 2. The molecule has 0 aliphatic carbocycles. The number of carbonyl (C=O) groups is 1. The summed E-state index contributed by atoms with van der Waals surface area (Å²) < 4.78 is 13.2. The Hall–Kier alpha value is -0.640. The Morgan fingerprint density at radius 3 is 2.27 bits per heavy atom. The zero-order valence-corrected chi connectivity index (χ0v) is 7.02. The smallest absolute Gasteiger partial charge is 0.356 e. The molecule has 66 valence electrons. The molecule has 3 nitrogen and oxygen atoms in total. The first-order valence-corrected chi connectivity index (χ1v) is 3.53. The van der Waals surface area contributed by atoms with Gasteiger partial charge in [0.15, 0.2) is 0 Å². The van der Waals surface area contributed by atoms with Gasteiger partial charge in [0.25, 0.3) is 5.79 Å². The normalized spacial score (nSPS) is 16.5. The van der Waals surface area contributed by atoms with Gasteiger partial charge >= 0.3 is 5.97 Å². The molecule has 0 aliphatic heterocycles. The molecule has 1 unspecified atom stereocenters. The minimum absolute atomic E-state index is 0.0150. The number of carboxylic acid groups (broad SMARTS) is 1. The summed E-state index contributed by atoms with van der Waals surface area (Å²) in [5.74, 6) is -3.70. The van der Waals surface area contributed by atoms with E-state index in [1.165, 1.54) is 7.05 Å². The highest BCUT2D eigenvalue weighted by Crippen LogP contribution is 2.17. The second-order valence-electron chi connectivity index (χ2n) is 2.95. The summed E-state index contributed by atoms with van der Waals surface area (Å²) in [6, 6.07) is 0. The predicted molar refractivity (Wildman–Crippen MR) is 40.0 cm³/mol. The van der Waals surface area contributed by atoms with Gasteiger partial charge in [0.1, 0.15) is 0 Å². The average molecular weight is 163 g/mol. The van der Waals surface area contributed by atoms with Crippen LogP contribution in [0, 0.1) is 5.92 Å². The lowest BCUT2D eigenvalue weighted by molar-refractivity contribution is -0.154. The van der Waals surface area contributed by atoms with E-state index in [1.54, 1.807) is 13.8 Å². The van der Waals surface area contributed by atoms with Crippen molar-refractivity contribution in [2.45, 2.75) is 26.1 Å². The molecule has 0 aliphatic rings. The Labute approximate surface area is 65.6 Å². The molecular weight excluding hydrogens is 149 g/mol. The van der Waals surface area contributed by atoms with E-state index in [4.69, 9.17) is 5.11 Å². The van der Waals surface area contributed by atoms with Crippen LogP contribution < -0.4 is 5.32 Å². The van der Waals surface area contributed by atoms with Crippen molar-refractivity contribution in [1.29, 1.82) is 0 Å². The number of alkyl halides is 1. The molecule has 4 heteroatoms. The fourth-order valence-corrected chi connectivity index (χ4v) is 0.859. The number of aliphatic carboxylic acids is 1. The molecule has 0 saturated heterocycles. The number of rotatable bonds is 4. The molecule has 2 N–H and O–H groups in total. The Bertz CT molecular complexity index is 149. The fourth-order valence-electron chi connectivity index (χ4n) is 0.859. The van der Waals surface area contributed by atoms with Crippen LogP contribution in [0.3, 0.4) is 0 Å². The van der Waals surface area contributed by atoms with Gasteiger partial charge in [-0.05, 0) is 13.0 Å². The summed E-state index contributed by atoms with van der Waals surface area (Å²) >= 11 is 0. The van der Waals surface area contributed by atoms with Gasteiger partial charge in [-0.25, -0.2) is 9.18 Å². The number of halogens is 1. The average Bonchev–Trinajstić information content (AvgIpc) is 1.86. The monoisotopic (exact) mass is 163 g/mol. The molecule has 0 amide bonds. The van der Waals surface area contributed by atoms with Crippen molar-refractivity contribution < 1.29 is 14.3 Å². The van der Waals surface area contributed by atoms with Crippen molar-refractivity contribution in [2.75, 3.05) is 7.05 Å². The van der Waals surface area contributed by atoms with Gasteiger partial charge in [0.2, 0.25) is 0 Å². The molecule has 0 aromatic heterocycles. The topological polar surface area (TPSA) is 49.3 Å². The van der Waals surface area contributed by atoms with Gasteiger partial charge in [-0.1, -0.05) is 13.8 Å². The second-order valence-corrected chi connectivity index (χ2v) is 2.95. The number of likely N-dealkylation sites (N-methyl/N-ethyl adjacent to an activating group) is 1. The number of carboxylic acids is 1. The maximum atomic E-state index is 13.2. The van der Waals surface area contributed by atoms with E-state index in [-0.39, 0.29) is 12.3 Å². The molecule has 0 aromatic carbocycles. The van der Waals surface area contributed by atoms with Crippen LogP contribution in [0.4, 0.5) is 4.39 Å². The fraction of sp³-hybridized carbons (Fsp3) is 0.857. The highest BCUT2D eigenvalue weighted by atomic mass is 19.1. The van der Waals surface area contributed by atoms with Crippen LogP contribution in [0.5, 0.6) is 0 Å². The lowest BCUT2D eigenvalue weighted by atomic mass is 10.0. The van der Waals surface area contributed by atoms with E-state index in [2.05, 4.69) is 5.32 Å². The minimum Gasteiger partial charge on any atom is -0.478 e. The van der Waals surface area contributed by atoms with Crippen molar-refractivity contribution >= 4 is 5.97 Å². The zero-order valence-electron chi connectivity index (χ0n) is 7.02. The van der Waals surface area contributed by atoms with Gasteiger partial charge in [0, 0.05) is 6.42 Å². The number of nitrogens with one attached hydrogen (secondary N) is 1. The molecule has 0 rings (SSSR count). The second kappa shape index (κ2) is 3.67. The number of hydrogen-bond acceptors (Lipinski definition) is 2. The highest BCUT2D eigenvalue weighted by Gasteiger charge is 2.37. The molecule has 0 fully saturated rings. The van der Waals surface area contributed by atoms with Crippen LogP contribution in [-0.4, -0.2) is 23.9 Å². The van der Waals surface area contributed by atoms with Gasteiger partial charge in [-0.2, -0.15) is 0 Å². The van der Waals surface area contributed by atoms with Crippen molar-refractivity contribution in [2.24, 2.45) is 5.92 Å². The summed E-state index contributed by atoms with van der Waals surface area (Å²) in [5.41, 5.74) is 0. The quantitative estimate of drug-likeness (QED) is 0.608. The van der Waals surface area contributed by atoms with Crippen LogP contribution in [0.15, 0.2) is 0 Å². The first kappa shape index (κ1) is 10.4. The van der Waals surface area contributed by atoms with Crippen LogP contribution in [0.1, 0.15) is 20.3 Å². The predicted octanol–water partition coefficient (Wildman–Crippen LogP) is 1.00. The molecular formula is C7H14FNO2. The Kier molecular flexibility index (Phi) is 3.45. The van der Waals surface area contributed by atoms with E-state index in [0.717, 1.165) is 0 Å². The van der Waals surface area contributed by atoms with E-state index in [9.17, 15) is 9.18 Å². The summed E-state index contributed by atoms with van der Waals surface area (Å²) in [6.45, 7) is 3.54. The van der Waals surface area contributed by atoms with Crippen molar-refractivity contribution in [3.63, 3.8) is 0 Å². The largest absolute Gasteiger partial charge is 0.478 e. The first-order chi connectivity index (χ1) is 4.92. The Morgan fingerprint density at radius 1 is 1.73 bits per heavy atom. The molecule has 0 heterocycles. The summed E-state index contributed by atoms with van der Waals surface area (Å²) in [7, 11) is 1.30. The minimum atomic E-state index is -2.27. The lowest BCUT2D eigenvalue weighted by Gasteiger charge is -2.21. The van der Waals surface area contributed by atoms with E-state index in [1.807, 2.05) is 0 Å². The Morgan fingerprint density at radius 2 is 2.18 bits per heavy atom. The van der Waals surface area contributed by atoms with E-state index < -0.39 is 11.8 Å². The van der Waals surface area contributed by atoms with Gasteiger partial charge < -0.3 is 5.11 Å². The third kappa shape index (κ3) is 2.84. The van der Waals surface area contributed by atoms with Crippen LogP contribution >= 0.6 is 0 Å². The first-order valence-electron chi connectivity index (χ1n) is 3.53. The molecule has 1 atom stereocenters. The van der Waals surface area contributed by atoms with E-state index in [0.29, 0.717) is 0 Å². The van der Waals surface area contributed by atoms with Gasteiger partial charge in [-0.15, -0.1) is 0 Å². The molecule has 0 aromatic rings. The molecule has 0 radical (unpaired) electrons. The molecule has 0 saturated carbocycles. The summed E-state index contributed by atoms with van der Waals surface area (Å²) in [5, 5.41) is 10.6. The van der Waals surface area contributed by atoms with Crippen molar-refractivity contribution in [1.82, 2.24) is 5.32 Å². The third-order valence-electron chi connectivity index (χ3n) is 1.42.